The smallest absolute Gasteiger partial charge is 0.253 e. The standard InChI is InChI=1S/C25H27ClN6O3/c1-15-18(24(34)31-25(2,3)4)12-17(13-27-15)35-21-6-5-16(11-19(21)26)30-23-22-20(28-14-29-23)7-8-32(22)9-10-33/h5-8,11-14,33H,9-10H2,1-4H3,(H,31,34)(H,28,29,30). The van der Waals surface area contributed by atoms with Crippen LogP contribution in [0.15, 0.2) is 49.1 Å². The number of aromatic nitrogens is 4. The normalized spacial score (nSPS) is 11.5. The predicted octanol–water partition coefficient (Wildman–Crippen LogP) is 4.84. The van der Waals surface area contributed by atoms with Gasteiger partial charge in [-0.3, -0.25) is 9.78 Å². The number of rotatable bonds is 7. The van der Waals surface area contributed by atoms with Crippen LogP contribution in [0.4, 0.5) is 11.5 Å². The highest BCUT2D eigenvalue weighted by atomic mass is 35.5. The van der Waals surface area contributed by atoms with Crippen LogP contribution in [0.1, 0.15) is 36.8 Å². The van der Waals surface area contributed by atoms with E-state index in [4.69, 9.17) is 16.3 Å². The molecule has 4 aromatic rings. The third-order valence-electron chi connectivity index (χ3n) is 5.11. The van der Waals surface area contributed by atoms with Crippen LogP contribution in [0.3, 0.4) is 0 Å². The van der Waals surface area contributed by atoms with Gasteiger partial charge in [0.25, 0.3) is 5.91 Å². The molecule has 0 fully saturated rings. The van der Waals surface area contributed by atoms with E-state index in [0.717, 1.165) is 11.0 Å². The lowest BCUT2D eigenvalue weighted by atomic mass is 10.1. The fourth-order valence-electron chi connectivity index (χ4n) is 3.55. The van der Waals surface area contributed by atoms with Gasteiger partial charge in [0.1, 0.15) is 23.3 Å². The number of halogens is 1. The number of ether oxygens (including phenoxy) is 1. The van der Waals surface area contributed by atoms with Gasteiger partial charge in [0.05, 0.1) is 34.6 Å². The molecule has 0 atom stereocenters. The van der Waals surface area contributed by atoms with Crippen molar-refractivity contribution in [3.05, 3.63) is 65.3 Å². The number of aryl methyl sites for hydroxylation is 1. The topological polar surface area (TPSA) is 114 Å². The van der Waals surface area contributed by atoms with Gasteiger partial charge < -0.3 is 25.0 Å². The van der Waals surface area contributed by atoms with Crippen molar-refractivity contribution in [1.29, 1.82) is 0 Å². The lowest BCUT2D eigenvalue weighted by Crippen LogP contribution is -2.40. The number of anilines is 2. The van der Waals surface area contributed by atoms with Crippen LogP contribution in [0.2, 0.25) is 5.02 Å². The molecule has 9 nitrogen and oxygen atoms in total. The summed E-state index contributed by atoms with van der Waals surface area (Å²) in [7, 11) is 0. The second kappa shape index (κ2) is 9.89. The number of amides is 1. The first-order valence-corrected chi connectivity index (χ1v) is 11.5. The minimum absolute atomic E-state index is 0.00340. The number of pyridine rings is 1. The molecule has 0 bridgehead atoms. The summed E-state index contributed by atoms with van der Waals surface area (Å²) in [5.74, 6) is 1.19. The second-order valence-electron chi connectivity index (χ2n) is 9.07. The Bertz CT molecular complexity index is 1380. The molecule has 0 unspecified atom stereocenters. The van der Waals surface area contributed by atoms with Gasteiger partial charge in [0.15, 0.2) is 5.82 Å². The zero-order chi connectivity index (χ0) is 25.2. The average molecular weight is 495 g/mol. The van der Waals surface area contributed by atoms with Crippen molar-refractivity contribution in [2.24, 2.45) is 0 Å². The lowest BCUT2D eigenvalue weighted by molar-refractivity contribution is 0.0918. The van der Waals surface area contributed by atoms with Crippen molar-refractivity contribution < 1.29 is 14.6 Å². The molecule has 35 heavy (non-hydrogen) atoms. The van der Waals surface area contributed by atoms with E-state index in [-0.39, 0.29) is 18.1 Å². The van der Waals surface area contributed by atoms with Crippen LogP contribution >= 0.6 is 11.6 Å². The Balaban J connectivity index is 1.55. The van der Waals surface area contributed by atoms with Crippen LogP contribution in [0.5, 0.6) is 11.5 Å². The van der Waals surface area contributed by atoms with E-state index < -0.39 is 0 Å². The first-order chi connectivity index (χ1) is 16.6. The van der Waals surface area contributed by atoms with Crippen LogP contribution in [0, 0.1) is 6.92 Å². The zero-order valence-corrected chi connectivity index (χ0v) is 20.7. The first kappa shape index (κ1) is 24.4. The average Bonchev–Trinajstić information content (AvgIpc) is 3.20. The number of aliphatic hydroxyl groups excluding tert-OH is 1. The predicted molar refractivity (Wildman–Crippen MR) is 136 cm³/mol. The van der Waals surface area contributed by atoms with Crippen molar-refractivity contribution >= 4 is 40.0 Å². The number of carbonyl (C=O) groups is 1. The molecule has 0 spiro atoms. The van der Waals surface area contributed by atoms with Crippen molar-refractivity contribution in [2.45, 2.75) is 39.8 Å². The van der Waals surface area contributed by atoms with Crippen LogP contribution in [-0.2, 0) is 6.54 Å². The molecule has 0 aliphatic rings. The largest absolute Gasteiger partial charge is 0.454 e. The fourth-order valence-corrected chi connectivity index (χ4v) is 3.77. The van der Waals surface area contributed by atoms with Crippen molar-refractivity contribution in [2.75, 3.05) is 11.9 Å². The summed E-state index contributed by atoms with van der Waals surface area (Å²) in [5, 5.41) is 15.9. The number of fused-ring (bicyclic) bond motifs is 1. The quantitative estimate of drug-likeness (QED) is 0.336. The number of hydrogen-bond donors (Lipinski definition) is 3. The van der Waals surface area contributed by atoms with Crippen molar-refractivity contribution in [3.8, 4) is 11.5 Å². The van der Waals surface area contributed by atoms with Gasteiger partial charge in [-0.15, -0.1) is 0 Å². The zero-order valence-electron chi connectivity index (χ0n) is 20.0. The number of carbonyl (C=O) groups excluding carboxylic acids is 1. The second-order valence-corrected chi connectivity index (χ2v) is 9.48. The van der Waals surface area contributed by atoms with E-state index in [2.05, 4.69) is 25.6 Å². The van der Waals surface area contributed by atoms with E-state index in [1.54, 1.807) is 31.3 Å². The molecule has 1 aromatic carbocycles. The SMILES string of the molecule is Cc1ncc(Oc2ccc(Nc3ncnc4ccn(CCO)c34)cc2Cl)cc1C(=O)NC(C)(C)C. The highest BCUT2D eigenvalue weighted by Gasteiger charge is 2.19. The maximum atomic E-state index is 12.6. The molecule has 10 heteroatoms. The molecular formula is C25H27ClN6O3. The molecule has 182 valence electrons. The van der Waals surface area contributed by atoms with Gasteiger partial charge in [-0.1, -0.05) is 11.6 Å². The van der Waals surface area contributed by atoms with E-state index in [1.165, 1.54) is 6.33 Å². The maximum Gasteiger partial charge on any atom is 0.253 e. The summed E-state index contributed by atoms with van der Waals surface area (Å²) < 4.78 is 7.82. The highest BCUT2D eigenvalue weighted by Crippen LogP contribution is 2.33. The van der Waals surface area contributed by atoms with Gasteiger partial charge in [0.2, 0.25) is 0 Å². The molecule has 3 N–H and O–H groups in total. The molecular weight excluding hydrogens is 468 g/mol. The third kappa shape index (κ3) is 5.70. The molecule has 0 saturated carbocycles. The molecule has 3 aromatic heterocycles. The Labute approximate surface area is 208 Å². The number of nitrogens with one attached hydrogen (secondary N) is 2. The molecule has 0 aliphatic carbocycles. The Kier molecular flexibility index (Phi) is 6.90. The van der Waals surface area contributed by atoms with Gasteiger partial charge in [0, 0.05) is 24.0 Å². The summed E-state index contributed by atoms with van der Waals surface area (Å²) in [6.07, 6.45) is 4.89. The van der Waals surface area contributed by atoms with Gasteiger partial charge in [-0.05, 0) is 58.0 Å². The van der Waals surface area contributed by atoms with Crippen molar-refractivity contribution in [1.82, 2.24) is 24.8 Å². The summed E-state index contributed by atoms with van der Waals surface area (Å²) in [5.41, 5.74) is 2.91. The summed E-state index contributed by atoms with van der Waals surface area (Å²) in [4.78, 5) is 25.6. The molecule has 3 heterocycles. The van der Waals surface area contributed by atoms with Crippen molar-refractivity contribution in [3.63, 3.8) is 0 Å². The minimum Gasteiger partial charge on any atom is -0.454 e. The first-order valence-electron chi connectivity index (χ1n) is 11.1. The van der Waals surface area contributed by atoms with Gasteiger partial charge in [-0.2, -0.15) is 0 Å². The highest BCUT2D eigenvalue weighted by molar-refractivity contribution is 6.32. The fraction of sp³-hybridized carbons (Fsp3) is 0.280. The van der Waals surface area contributed by atoms with Crippen LogP contribution in [0.25, 0.3) is 11.0 Å². The Morgan fingerprint density at radius 2 is 1.97 bits per heavy atom. The van der Waals surface area contributed by atoms with Crippen LogP contribution in [-0.4, -0.2) is 42.7 Å². The van der Waals surface area contributed by atoms with Crippen LogP contribution < -0.4 is 15.4 Å². The Morgan fingerprint density at radius 1 is 1.17 bits per heavy atom. The monoisotopic (exact) mass is 494 g/mol. The third-order valence-corrected chi connectivity index (χ3v) is 5.40. The Morgan fingerprint density at radius 3 is 2.69 bits per heavy atom. The van der Waals surface area contributed by atoms with E-state index in [0.29, 0.717) is 45.8 Å². The molecule has 0 aliphatic heterocycles. The van der Waals surface area contributed by atoms with E-state index in [1.807, 2.05) is 43.7 Å². The van der Waals surface area contributed by atoms with E-state index in [9.17, 15) is 9.90 Å². The summed E-state index contributed by atoms with van der Waals surface area (Å²) in [6, 6.07) is 8.78. The molecule has 0 radical (unpaired) electrons. The minimum atomic E-state index is -0.374. The summed E-state index contributed by atoms with van der Waals surface area (Å²) >= 11 is 6.51. The maximum absolute atomic E-state index is 12.6. The lowest BCUT2D eigenvalue weighted by Gasteiger charge is -2.21. The Hall–Kier alpha value is -3.69. The van der Waals surface area contributed by atoms with E-state index >= 15 is 0 Å². The summed E-state index contributed by atoms with van der Waals surface area (Å²) in [6.45, 7) is 7.96. The number of benzene rings is 1. The number of aliphatic hydroxyl groups is 1. The number of nitrogens with zero attached hydrogens (tertiary/aromatic N) is 4. The molecule has 4 rings (SSSR count). The van der Waals surface area contributed by atoms with Gasteiger partial charge >= 0.3 is 0 Å². The number of hydrogen-bond acceptors (Lipinski definition) is 7. The molecule has 0 saturated heterocycles. The van der Waals surface area contributed by atoms with Gasteiger partial charge in [-0.25, -0.2) is 9.97 Å². The molecule has 1 amide bonds.